The molecule has 33 heavy (non-hydrogen) atoms. The number of hydrogen-bond donors (Lipinski definition) is 1. The van der Waals surface area contributed by atoms with Gasteiger partial charge in [-0.15, -0.1) is 0 Å². The summed E-state index contributed by atoms with van der Waals surface area (Å²) in [5.41, 5.74) is 2.38. The summed E-state index contributed by atoms with van der Waals surface area (Å²) in [4.78, 5) is 17.3. The van der Waals surface area contributed by atoms with Crippen molar-refractivity contribution in [2.24, 2.45) is 5.16 Å². The number of nitrogens with zero attached hydrogens (tertiary/aromatic N) is 1. The van der Waals surface area contributed by atoms with Crippen LogP contribution in [0, 0.1) is 0 Å². The fourth-order valence-corrected chi connectivity index (χ4v) is 3.44. The molecule has 0 aliphatic rings. The fourth-order valence-electron chi connectivity index (χ4n) is 3.19. The zero-order valence-corrected chi connectivity index (χ0v) is 19.0. The molecule has 1 N–H and O–H groups in total. The first-order valence-corrected chi connectivity index (χ1v) is 10.9. The molecule has 166 valence electrons. The van der Waals surface area contributed by atoms with Crippen molar-refractivity contribution in [1.82, 2.24) is 0 Å². The summed E-state index contributed by atoms with van der Waals surface area (Å²) in [5, 5.41) is 10.0. The third kappa shape index (κ3) is 6.25. The highest BCUT2D eigenvalue weighted by Crippen LogP contribution is 2.27. The van der Waals surface area contributed by atoms with E-state index in [9.17, 15) is 4.79 Å². The Morgan fingerprint density at radius 2 is 1.58 bits per heavy atom. The first-order valence-electron chi connectivity index (χ1n) is 10.2. The van der Waals surface area contributed by atoms with Gasteiger partial charge in [0.15, 0.2) is 6.61 Å². The van der Waals surface area contributed by atoms with E-state index in [0.29, 0.717) is 28.1 Å². The number of benzene rings is 4. The van der Waals surface area contributed by atoms with E-state index in [1.165, 1.54) is 0 Å². The second-order valence-electron chi connectivity index (χ2n) is 7.18. The van der Waals surface area contributed by atoms with E-state index in [4.69, 9.17) is 32.8 Å². The minimum Gasteiger partial charge on any atom is -0.488 e. The lowest BCUT2D eigenvalue weighted by Gasteiger charge is -2.12. The van der Waals surface area contributed by atoms with Crippen molar-refractivity contribution in [3.8, 4) is 5.75 Å². The average molecular weight is 479 g/mol. The minimum atomic E-state index is -0.327. The van der Waals surface area contributed by atoms with Crippen molar-refractivity contribution in [2.45, 2.75) is 6.61 Å². The number of hydrogen-bond acceptors (Lipinski definition) is 4. The predicted octanol–water partition coefficient (Wildman–Crippen LogP) is 6.71. The first-order chi connectivity index (χ1) is 16.1. The second kappa shape index (κ2) is 10.9. The predicted molar refractivity (Wildman–Crippen MR) is 133 cm³/mol. The van der Waals surface area contributed by atoms with Gasteiger partial charge in [0.2, 0.25) is 0 Å². The molecular weight excluding hydrogens is 459 g/mol. The number of halogens is 2. The van der Waals surface area contributed by atoms with Crippen LogP contribution in [0.3, 0.4) is 0 Å². The monoisotopic (exact) mass is 478 g/mol. The summed E-state index contributed by atoms with van der Waals surface area (Å²) in [6.45, 7) is 0.144. The molecule has 0 fully saturated rings. The van der Waals surface area contributed by atoms with Crippen LogP contribution in [0.2, 0.25) is 10.0 Å². The molecule has 0 atom stereocenters. The Morgan fingerprint density at radius 1 is 0.879 bits per heavy atom. The minimum absolute atomic E-state index is 0.231. The Morgan fingerprint density at radius 3 is 2.33 bits per heavy atom. The number of anilines is 1. The maximum atomic E-state index is 12.1. The van der Waals surface area contributed by atoms with Gasteiger partial charge < -0.3 is 14.9 Å². The van der Waals surface area contributed by atoms with Gasteiger partial charge in [-0.1, -0.05) is 70.8 Å². The van der Waals surface area contributed by atoms with E-state index < -0.39 is 0 Å². The average Bonchev–Trinajstić information content (AvgIpc) is 2.83. The Kier molecular flexibility index (Phi) is 7.45. The summed E-state index contributed by atoms with van der Waals surface area (Å²) in [5.74, 6) is 0.327. The molecule has 0 saturated heterocycles. The largest absolute Gasteiger partial charge is 0.488 e. The van der Waals surface area contributed by atoms with Crippen LogP contribution in [0.25, 0.3) is 10.8 Å². The third-order valence-corrected chi connectivity index (χ3v) is 5.32. The summed E-state index contributed by atoms with van der Waals surface area (Å²) in [6.07, 6.45) is 1.56. The van der Waals surface area contributed by atoms with Gasteiger partial charge in [-0.3, -0.25) is 4.79 Å². The van der Waals surface area contributed by atoms with Gasteiger partial charge in [0.1, 0.15) is 12.4 Å². The zero-order chi connectivity index (χ0) is 23.0. The van der Waals surface area contributed by atoms with Crippen LogP contribution in [0.4, 0.5) is 5.69 Å². The van der Waals surface area contributed by atoms with Crippen molar-refractivity contribution < 1.29 is 14.4 Å². The summed E-state index contributed by atoms with van der Waals surface area (Å²) < 4.78 is 6.06. The van der Waals surface area contributed by atoms with Gasteiger partial charge in [-0.2, -0.15) is 0 Å². The van der Waals surface area contributed by atoms with Crippen LogP contribution in [0.1, 0.15) is 11.1 Å². The molecule has 0 saturated carbocycles. The van der Waals surface area contributed by atoms with Crippen LogP contribution < -0.4 is 10.1 Å². The fraction of sp³-hybridized carbons (Fsp3) is 0.0769. The number of ether oxygens (including phenoxy) is 1. The van der Waals surface area contributed by atoms with Crippen LogP contribution in [-0.4, -0.2) is 18.7 Å². The highest BCUT2D eigenvalue weighted by atomic mass is 35.5. The quantitative estimate of drug-likeness (QED) is 0.226. The Bertz CT molecular complexity index is 1270. The normalized spacial score (nSPS) is 11.0. The van der Waals surface area contributed by atoms with Crippen LogP contribution >= 0.6 is 23.2 Å². The lowest BCUT2D eigenvalue weighted by atomic mass is 10.0. The smallest absolute Gasteiger partial charge is 0.265 e. The molecule has 4 rings (SSSR count). The van der Waals surface area contributed by atoms with Crippen LogP contribution in [0.5, 0.6) is 5.75 Å². The number of amides is 1. The molecule has 4 aromatic carbocycles. The highest BCUT2D eigenvalue weighted by Gasteiger charge is 2.09. The Labute approximate surface area is 201 Å². The van der Waals surface area contributed by atoms with E-state index in [-0.39, 0.29) is 12.5 Å². The number of carbonyl (C=O) groups excluding carboxylic acids is 1. The lowest BCUT2D eigenvalue weighted by molar-refractivity contribution is -0.120. The van der Waals surface area contributed by atoms with Gasteiger partial charge >= 0.3 is 0 Å². The third-order valence-electron chi connectivity index (χ3n) is 4.82. The zero-order valence-electron chi connectivity index (χ0n) is 17.5. The molecule has 0 aliphatic carbocycles. The molecule has 0 aliphatic heterocycles. The topological polar surface area (TPSA) is 59.9 Å². The van der Waals surface area contributed by atoms with Gasteiger partial charge in [0.05, 0.1) is 6.21 Å². The molecule has 4 aromatic rings. The number of carbonyl (C=O) groups is 1. The lowest BCUT2D eigenvalue weighted by Crippen LogP contribution is -2.16. The van der Waals surface area contributed by atoms with Gasteiger partial charge in [0, 0.05) is 21.3 Å². The molecule has 0 radical (unpaired) electrons. The van der Waals surface area contributed by atoms with Crippen LogP contribution in [-0.2, 0) is 16.2 Å². The van der Waals surface area contributed by atoms with Crippen LogP contribution in [0.15, 0.2) is 90.1 Å². The highest BCUT2D eigenvalue weighted by molar-refractivity contribution is 6.30. The SMILES string of the molecule is O=C(CON=Cc1c(OCc2ccc(Cl)cc2)ccc2ccccc12)Nc1ccc(Cl)cc1. The molecule has 1 amide bonds. The molecule has 0 heterocycles. The number of fused-ring (bicyclic) bond motifs is 1. The van der Waals surface area contributed by atoms with Crippen molar-refractivity contribution >= 4 is 51.8 Å². The molecular formula is C26H20Cl2N2O3. The maximum Gasteiger partial charge on any atom is 0.265 e. The summed E-state index contributed by atoms with van der Waals surface area (Å²) in [6, 6.07) is 26.1. The van der Waals surface area contributed by atoms with E-state index >= 15 is 0 Å². The standard InChI is InChI=1S/C26H20Cl2N2O3/c27-20-8-5-18(6-9-20)16-32-25-14-7-19-3-1-2-4-23(19)24(25)15-29-33-17-26(31)30-22-12-10-21(28)11-13-22/h1-15H,16-17H2,(H,30,31). The number of oxime groups is 1. The molecule has 0 unspecified atom stereocenters. The Balaban J connectivity index is 1.45. The first kappa shape index (κ1) is 22.6. The molecule has 0 bridgehead atoms. The summed E-state index contributed by atoms with van der Waals surface area (Å²) in [7, 11) is 0. The van der Waals surface area contributed by atoms with E-state index in [1.54, 1.807) is 30.5 Å². The molecule has 0 aromatic heterocycles. The number of rotatable bonds is 8. The molecule has 7 heteroatoms. The van der Waals surface area contributed by atoms with E-state index in [2.05, 4.69) is 10.5 Å². The van der Waals surface area contributed by atoms with Gasteiger partial charge in [0.25, 0.3) is 5.91 Å². The number of nitrogens with one attached hydrogen (secondary N) is 1. The molecule has 0 spiro atoms. The van der Waals surface area contributed by atoms with Crippen molar-refractivity contribution in [1.29, 1.82) is 0 Å². The van der Waals surface area contributed by atoms with E-state index in [0.717, 1.165) is 21.9 Å². The van der Waals surface area contributed by atoms with Crippen molar-refractivity contribution in [3.05, 3.63) is 106 Å². The summed E-state index contributed by atoms with van der Waals surface area (Å²) >= 11 is 11.8. The molecule has 5 nitrogen and oxygen atoms in total. The van der Waals surface area contributed by atoms with Crippen molar-refractivity contribution in [2.75, 3.05) is 11.9 Å². The Hall–Kier alpha value is -3.54. The van der Waals surface area contributed by atoms with Gasteiger partial charge in [-0.05, 0) is 58.8 Å². The van der Waals surface area contributed by atoms with Crippen molar-refractivity contribution in [3.63, 3.8) is 0 Å². The maximum absolute atomic E-state index is 12.1. The second-order valence-corrected chi connectivity index (χ2v) is 8.05. The van der Waals surface area contributed by atoms with E-state index in [1.807, 2.05) is 60.7 Å². The van der Waals surface area contributed by atoms with Gasteiger partial charge in [-0.25, -0.2) is 0 Å².